The number of benzene rings is 1. The molecule has 28 heavy (non-hydrogen) atoms. The highest BCUT2D eigenvalue weighted by atomic mass is 16.2. The van der Waals surface area contributed by atoms with Gasteiger partial charge in [-0.15, -0.1) is 0 Å². The van der Waals surface area contributed by atoms with Gasteiger partial charge in [0.15, 0.2) is 5.65 Å². The summed E-state index contributed by atoms with van der Waals surface area (Å²) in [7, 11) is 2.08. The fourth-order valence-electron chi connectivity index (χ4n) is 3.28. The topological polar surface area (TPSA) is 79.2 Å². The van der Waals surface area contributed by atoms with Crippen LogP contribution in [0.1, 0.15) is 30.2 Å². The zero-order valence-electron chi connectivity index (χ0n) is 16.5. The molecular weight excluding hydrogens is 354 g/mol. The number of imidazole rings is 1. The highest BCUT2D eigenvalue weighted by Crippen LogP contribution is 2.19. The van der Waals surface area contributed by atoms with E-state index in [4.69, 9.17) is 0 Å². The van der Waals surface area contributed by atoms with Gasteiger partial charge in [-0.2, -0.15) is 4.98 Å². The van der Waals surface area contributed by atoms with E-state index < -0.39 is 0 Å². The largest absolute Gasteiger partial charge is 0.336 e. The maximum absolute atomic E-state index is 12.6. The Morgan fingerprint density at radius 2 is 1.79 bits per heavy atom. The van der Waals surface area contributed by atoms with E-state index in [2.05, 4.69) is 46.1 Å². The predicted octanol–water partition coefficient (Wildman–Crippen LogP) is 2.54. The van der Waals surface area contributed by atoms with Crippen molar-refractivity contribution in [1.29, 1.82) is 0 Å². The smallest absolute Gasteiger partial charge is 0.253 e. The van der Waals surface area contributed by atoms with Crippen molar-refractivity contribution in [1.82, 2.24) is 29.3 Å². The Bertz CT molecular complexity index is 972. The Labute approximate surface area is 164 Å². The molecule has 0 saturated carbocycles. The van der Waals surface area contributed by atoms with Crippen LogP contribution in [-0.4, -0.2) is 68.5 Å². The number of nitrogens with zero attached hydrogens (tertiary/aromatic N) is 6. The zero-order valence-corrected chi connectivity index (χ0v) is 16.5. The molecule has 0 bridgehead atoms. The lowest BCUT2D eigenvalue weighted by molar-refractivity contribution is 0.0664. The van der Waals surface area contributed by atoms with Gasteiger partial charge in [0.05, 0.1) is 12.5 Å². The molecule has 3 aromatic rings. The van der Waals surface area contributed by atoms with E-state index in [1.54, 1.807) is 12.5 Å². The molecule has 0 spiro atoms. The molecule has 0 unspecified atom stereocenters. The molecule has 1 amide bonds. The molecule has 1 N–H and O–H groups in total. The number of likely N-dealkylation sites (N-methyl/N-ethyl adjacent to an activating group) is 1. The first kappa shape index (κ1) is 18.4. The average Bonchev–Trinajstić information content (AvgIpc) is 3.12. The zero-order chi connectivity index (χ0) is 19.7. The number of amides is 1. The maximum Gasteiger partial charge on any atom is 0.253 e. The Kier molecular flexibility index (Phi) is 4.95. The summed E-state index contributed by atoms with van der Waals surface area (Å²) in [6, 6.07) is 7.74. The normalized spacial score (nSPS) is 15.4. The lowest BCUT2D eigenvalue weighted by Crippen LogP contribution is -2.47. The third-order valence-electron chi connectivity index (χ3n) is 5.05. The minimum atomic E-state index is 0.0816. The number of carbonyl (C=O) groups excluding carboxylic acids is 1. The van der Waals surface area contributed by atoms with Crippen molar-refractivity contribution in [3.05, 3.63) is 42.4 Å². The number of hydrogen-bond donors (Lipinski definition) is 1. The first-order chi connectivity index (χ1) is 13.5. The molecule has 3 heterocycles. The van der Waals surface area contributed by atoms with Crippen molar-refractivity contribution in [2.24, 2.45) is 0 Å². The first-order valence-corrected chi connectivity index (χ1v) is 9.56. The van der Waals surface area contributed by atoms with E-state index in [0.717, 1.165) is 43.0 Å². The van der Waals surface area contributed by atoms with Gasteiger partial charge in [-0.3, -0.25) is 4.79 Å². The van der Waals surface area contributed by atoms with E-state index in [-0.39, 0.29) is 11.9 Å². The summed E-state index contributed by atoms with van der Waals surface area (Å²) in [5.74, 6) is 0.589. The van der Waals surface area contributed by atoms with Gasteiger partial charge >= 0.3 is 0 Å². The van der Waals surface area contributed by atoms with Crippen LogP contribution in [0.25, 0.3) is 11.2 Å². The summed E-state index contributed by atoms with van der Waals surface area (Å²) in [6.07, 6.45) is 3.50. The fourth-order valence-corrected chi connectivity index (χ4v) is 3.28. The van der Waals surface area contributed by atoms with E-state index in [9.17, 15) is 4.79 Å². The van der Waals surface area contributed by atoms with Crippen molar-refractivity contribution in [2.45, 2.75) is 19.9 Å². The quantitative estimate of drug-likeness (QED) is 0.750. The van der Waals surface area contributed by atoms with Crippen LogP contribution in [0.5, 0.6) is 0 Å². The summed E-state index contributed by atoms with van der Waals surface area (Å²) in [5, 5.41) is 3.21. The molecule has 146 valence electrons. The van der Waals surface area contributed by atoms with Crippen LogP contribution in [0.4, 0.5) is 11.6 Å². The van der Waals surface area contributed by atoms with Gasteiger partial charge in [0.2, 0.25) is 5.95 Å². The fraction of sp³-hybridized carbons (Fsp3) is 0.400. The van der Waals surface area contributed by atoms with Gasteiger partial charge in [-0.1, -0.05) is 0 Å². The van der Waals surface area contributed by atoms with Crippen LogP contribution < -0.4 is 5.32 Å². The second-order valence-corrected chi connectivity index (χ2v) is 7.45. The van der Waals surface area contributed by atoms with Gasteiger partial charge in [0, 0.05) is 43.5 Å². The Morgan fingerprint density at radius 1 is 1.07 bits per heavy atom. The lowest BCUT2D eigenvalue weighted by atomic mass is 10.1. The lowest BCUT2D eigenvalue weighted by Gasteiger charge is -2.32. The number of hydrogen-bond acceptors (Lipinski definition) is 6. The predicted molar refractivity (Wildman–Crippen MR) is 109 cm³/mol. The molecule has 1 aliphatic heterocycles. The van der Waals surface area contributed by atoms with Crippen molar-refractivity contribution in [2.75, 3.05) is 38.5 Å². The Hall–Kier alpha value is -3.00. The van der Waals surface area contributed by atoms with Gasteiger partial charge in [-0.05, 0) is 45.2 Å². The monoisotopic (exact) mass is 379 g/mol. The number of anilines is 2. The van der Waals surface area contributed by atoms with E-state index >= 15 is 0 Å². The van der Waals surface area contributed by atoms with Crippen LogP contribution >= 0.6 is 0 Å². The molecule has 1 saturated heterocycles. The summed E-state index contributed by atoms with van der Waals surface area (Å²) < 4.78 is 2.01. The molecule has 1 aromatic carbocycles. The second-order valence-electron chi connectivity index (χ2n) is 7.45. The van der Waals surface area contributed by atoms with Crippen LogP contribution in [-0.2, 0) is 0 Å². The minimum absolute atomic E-state index is 0.0816. The number of carbonyl (C=O) groups is 1. The average molecular weight is 379 g/mol. The van der Waals surface area contributed by atoms with Gasteiger partial charge in [-0.25, -0.2) is 9.97 Å². The summed E-state index contributed by atoms with van der Waals surface area (Å²) in [5.41, 5.74) is 3.11. The number of fused-ring (bicyclic) bond motifs is 1. The number of nitrogens with one attached hydrogen (secondary N) is 1. The summed E-state index contributed by atoms with van der Waals surface area (Å²) in [6.45, 7) is 7.55. The molecule has 1 fully saturated rings. The molecule has 0 aliphatic carbocycles. The molecule has 0 radical (unpaired) electrons. The maximum atomic E-state index is 12.6. The van der Waals surface area contributed by atoms with Crippen molar-refractivity contribution in [3.8, 4) is 0 Å². The molecular formula is C20H25N7O. The van der Waals surface area contributed by atoms with Gasteiger partial charge in [0.25, 0.3) is 5.91 Å². The third kappa shape index (κ3) is 3.68. The molecule has 4 rings (SSSR count). The molecule has 8 heteroatoms. The van der Waals surface area contributed by atoms with Crippen LogP contribution in [0.3, 0.4) is 0 Å². The van der Waals surface area contributed by atoms with E-state index in [0.29, 0.717) is 11.5 Å². The van der Waals surface area contributed by atoms with Crippen molar-refractivity contribution < 1.29 is 4.79 Å². The third-order valence-corrected chi connectivity index (χ3v) is 5.05. The number of piperazine rings is 1. The first-order valence-electron chi connectivity index (χ1n) is 9.56. The number of rotatable bonds is 4. The van der Waals surface area contributed by atoms with Crippen LogP contribution in [0.15, 0.2) is 36.8 Å². The Balaban J connectivity index is 1.48. The van der Waals surface area contributed by atoms with Gasteiger partial charge in [0.1, 0.15) is 5.52 Å². The van der Waals surface area contributed by atoms with Gasteiger partial charge < -0.3 is 19.7 Å². The summed E-state index contributed by atoms with van der Waals surface area (Å²) >= 11 is 0. The van der Waals surface area contributed by atoms with Crippen LogP contribution in [0.2, 0.25) is 0 Å². The van der Waals surface area contributed by atoms with Crippen LogP contribution in [0, 0.1) is 0 Å². The van der Waals surface area contributed by atoms with Crippen molar-refractivity contribution in [3.63, 3.8) is 0 Å². The van der Waals surface area contributed by atoms with E-state index in [1.165, 1.54) is 0 Å². The molecule has 8 nitrogen and oxygen atoms in total. The minimum Gasteiger partial charge on any atom is -0.336 e. The highest BCUT2D eigenvalue weighted by Gasteiger charge is 2.20. The molecule has 1 aliphatic rings. The standard InChI is InChI=1S/C20H25N7O/c1-14(2)27-13-22-17-12-21-20(24-18(17)27)23-16-6-4-15(5-7-16)19(28)26-10-8-25(3)9-11-26/h4-7,12-14H,8-11H2,1-3H3,(H,21,23,24). The summed E-state index contributed by atoms with van der Waals surface area (Å²) in [4.78, 5) is 30.0. The van der Waals surface area contributed by atoms with E-state index in [1.807, 2.05) is 33.7 Å². The second kappa shape index (κ2) is 7.55. The van der Waals surface area contributed by atoms with Crippen molar-refractivity contribution >= 4 is 28.7 Å². The molecule has 0 atom stereocenters. The molecule has 2 aromatic heterocycles. The number of aromatic nitrogens is 4. The SMILES string of the molecule is CC(C)n1cnc2cnc(Nc3ccc(C(=O)N4CCN(C)CC4)cc3)nc21. The Morgan fingerprint density at radius 3 is 2.46 bits per heavy atom. The highest BCUT2D eigenvalue weighted by molar-refractivity contribution is 5.94.